The maximum absolute atomic E-state index is 13.3. The fourth-order valence-corrected chi connectivity index (χ4v) is 5.00. The van der Waals surface area contributed by atoms with Gasteiger partial charge in [0.2, 0.25) is 0 Å². The van der Waals surface area contributed by atoms with Crippen LogP contribution in [0.25, 0.3) is 10.9 Å². The number of hydrogen-bond acceptors (Lipinski definition) is 6. The third-order valence-electron chi connectivity index (χ3n) is 6.74. The highest BCUT2D eigenvalue weighted by Crippen LogP contribution is 2.31. The first-order valence-corrected chi connectivity index (χ1v) is 11.9. The molecule has 1 aliphatic rings. The van der Waals surface area contributed by atoms with Crippen molar-refractivity contribution in [3.05, 3.63) is 84.3 Å². The number of hydrogen-bond donors (Lipinski definition) is 1. The van der Waals surface area contributed by atoms with Crippen molar-refractivity contribution in [3.63, 3.8) is 0 Å². The molecule has 35 heavy (non-hydrogen) atoms. The molecule has 180 valence electrons. The Kier molecular flexibility index (Phi) is 6.21. The molecule has 0 unspecified atom stereocenters. The molecular weight excluding hydrogens is 440 g/mol. The molecule has 0 bridgehead atoms. The van der Waals surface area contributed by atoms with Gasteiger partial charge in [-0.25, -0.2) is 4.98 Å². The van der Waals surface area contributed by atoms with Crippen LogP contribution in [0, 0.1) is 6.92 Å². The van der Waals surface area contributed by atoms with Gasteiger partial charge in [-0.3, -0.25) is 14.8 Å². The van der Waals surface area contributed by atoms with Crippen molar-refractivity contribution in [2.24, 2.45) is 0 Å². The number of carbonyl (C=O) groups excluding carboxylic acids is 1. The van der Waals surface area contributed by atoms with Gasteiger partial charge in [0.25, 0.3) is 5.91 Å². The van der Waals surface area contributed by atoms with Gasteiger partial charge in [-0.2, -0.15) is 0 Å². The quantitative estimate of drug-likeness (QED) is 0.465. The van der Waals surface area contributed by atoms with Crippen LogP contribution in [0.4, 0.5) is 5.69 Å². The minimum Gasteiger partial charge on any atom is -0.386 e. The number of amides is 1. The van der Waals surface area contributed by atoms with Crippen molar-refractivity contribution in [3.8, 4) is 0 Å². The Morgan fingerprint density at radius 1 is 1.17 bits per heavy atom. The minimum absolute atomic E-state index is 0.0988. The third-order valence-corrected chi connectivity index (χ3v) is 6.74. The molecule has 1 saturated heterocycles. The SMILES string of the molecule is Cc1nccn1Cc1cccc(C(=O)N(C)C[C@@]2(O)CCCN(c3ccnc4ccncc34)C2)c1. The van der Waals surface area contributed by atoms with Crippen molar-refractivity contribution in [1.29, 1.82) is 0 Å². The Bertz CT molecular complexity index is 1350. The second-order valence-corrected chi connectivity index (χ2v) is 9.44. The fourth-order valence-electron chi connectivity index (χ4n) is 5.00. The number of anilines is 1. The average Bonchev–Trinajstić information content (AvgIpc) is 3.27. The average molecular weight is 471 g/mol. The molecule has 0 saturated carbocycles. The van der Waals surface area contributed by atoms with Crippen LogP contribution < -0.4 is 4.90 Å². The van der Waals surface area contributed by atoms with Crippen LogP contribution in [0.2, 0.25) is 0 Å². The Morgan fingerprint density at radius 2 is 2.06 bits per heavy atom. The van der Waals surface area contributed by atoms with Crippen molar-refractivity contribution >= 4 is 22.5 Å². The van der Waals surface area contributed by atoms with Gasteiger partial charge >= 0.3 is 0 Å². The first kappa shape index (κ1) is 23.0. The van der Waals surface area contributed by atoms with E-state index < -0.39 is 5.60 Å². The molecule has 4 heterocycles. The predicted octanol–water partition coefficient (Wildman–Crippen LogP) is 3.29. The molecule has 3 aromatic heterocycles. The maximum Gasteiger partial charge on any atom is 0.253 e. The van der Waals surface area contributed by atoms with Gasteiger partial charge in [0, 0.05) is 74.3 Å². The van der Waals surface area contributed by atoms with E-state index in [2.05, 4.69) is 19.9 Å². The first-order chi connectivity index (χ1) is 16.9. The summed E-state index contributed by atoms with van der Waals surface area (Å²) < 4.78 is 2.05. The number of aromatic nitrogens is 4. The maximum atomic E-state index is 13.3. The second kappa shape index (κ2) is 9.46. The number of likely N-dealkylation sites (N-methyl/N-ethyl adjacent to an activating group) is 1. The van der Waals surface area contributed by atoms with E-state index in [4.69, 9.17) is 0 Å². The molecule has 4 aromatic rings. The summed E-state index contributed by atoms with van der Waals surface area (Å²) in [5, 5.41) is 12.5. The molecule has 1 N–H and O–H groups in total. The zero-order chi connectivity index (χ0) is 24.4. The third kappa shape index (κ3) is 4.88. The summed E-state index contributed by atoms with van der Waals surface area (Å²) in [7, 11) is 1.76. The van der Waals surface area contributed by atoms with E-state index in [0.29, 0.717) is 25.1 Å². The lowest BCUT2D eigenvalue weighted by Gasteiger charge is -2.42. The van der Waals surface area contributed by atoms with Gasteiger partial charge in [-0.05, 0) is 49.6 Å². The molecule has 8 heteroatoms. The number of aryl methyl sites for hydroxylation is 1. The van der Waals surface area contributed by atoms with Gasteiger partial charge in [0.1, 0.15) is 5.82 Å². The minimum atomic E-state index is -1.01. The number of fused-ring (bicyclic) bond motifs is 1. The molecule has 0 spiro atoms. The van der Waals surface area contributed by atoms with Crippen LogP contribution in [0.3, 0.4) is 0 Å². The first-order valence-electron chi connectivity index (χ1n) is 11.9. The summed E-state index contributed by atoms with van der Waals surface area (Å²) in [5.74, 6) is 0.832. The number of aliphatic hydroxyl groups is 1. The van der Waals surface area contributed by atoms with Crippen LogP contribution in [0.1, 0.15) is 34.6 Å². The second-order valence-electron chi connectivity index (χ2n) is 9.44. The Morgan fingerprint density at radius 3 is 2.89 bits per heavy atom. The van der Waals surface area contributed by atoms with E-state index in [9.17, 15) is 9.90 Å². The molecule has 8 nitrogen and oxygen atoms in total. The van der Waals surface area contributed by atoms with Gasteiger partial charge < -0.3 is 19.5 Å². The molecule has 1 amide bonds. The molecule has 5 rings (SSSR count). The van der Waals surface area contributed by atoms with Crippen LogP contribution in [0.15, 0.2) is 67.4 Å². The van der Waals surface area contributed by atoms with E-state index in [1.165, 1.54) is 0 Å². The Hall–Kier alpha value is -3.78. The number of nitrogens with zero attached hydrogens (tertiary/aromatic N) is 6. The van der Waals surface area contributed by atoms with Gasteiger partial charge in [-0.15, -0.1) is 0 Å². The van der Waals surface area contributed by atoms with Gasteiger partial charge in [-0.1, -0.05) is 12.1 Å². The number of carbonyl (C=O) groups is 1. The van der Waals surface area contributed by atoms with Gasteiger partial charge in [0.15, 0.2) is 0 Å². The summed E-state index contributed by atoms with van der Waals surface area (Å²) >= 11 is 0. The van der Waals surface area contributed by atoms with Crippen molar-refractivity contribution in [1.82, 2.24) is 24.4 Å². The van der Waals surface area contributed by atoms with E-state index in [1.54, 1.807) is 30.5 Å². The number of imidazole rings is 1. The van der Waals surface area contributed by atoms with E-state index in [-0.39, 0.29) is 12.5 Å². The Balaban J connectivity index is 1.30. The molecule has 1 aromatic carbocycles. The fraction of sp³-hybridized carbons (Fsp3) is 0.333. The summed E-state index contributed by atoms with van der Waals surface area (Å²) in [6.07, 6.45) is 10.5. The van der Waals surface area contributed by atoms with Crippen molar-refractivity contribution < 1.29 is 9.90 Å². The Labute approximate surface area is 204 Å². The number of piperidine rings is 1. The van der Waals surface area contributed by atoms with Crippen LogP contribution >= 0.6 is 0 Å². The number of benzene rings is 1. The number of β-amino-alcohol motifs (C(OH)–C–C–N with tert-alkyl or cyclic N) is 1. The molecule has 1 atom stereocenters. The monoisotopic (exact) mass is 470 g/mol. The smallest absolute Gasteiger partial charge is 0.253 e. The van der Waals surface area contributed by atoms with E-state index in [0.717, 1.165) is 40.9 Å². The van der Waals surface area contributed by atoms with Gasteiger partial charge in [0.05, 0.1) is 17.7 Å². The highest BCUT2D eigenvalue weighted by Gasteiger charge is 2.36. The van der Waals surface area contributed by atoms with Crippen molar-refractivity contribution in [2.45, 2.75) is 31.9 Å². The van der Waals surface area contributed by atoms with Crippen LogP contribution in [-0.2, 0) is 6.54 Å². The lowest BCUT2D eigenvalue weighted by atomic mass is 9.91. The molecule has 1 fully saturated rings. The van der Waals surface area contributed by atoms with Crippen molar-refractivity contribution in [2.75, 3.05) is 31.6 Å². The zero-order valence-corrected chi connectivity index (χ0v) is 20.1. The predicted molar refractivity (Wildman–Crippen MR) is 135 cm³/mol. The topological polar surface area (TPSA) is 87.4 Å². The highest BCUT2D eigenvalue weighted by molar-refractivity contribution is 5.94. The summed E-state index contributed by atoms with van der Waals surface area (Å²) in [6, 6.07) is 11.5. The normalized spacial score (nSPS) is 18.1. The summed E-state index contributed by atoms with van der Waals surface area (Å²) in [5.41, 5.74) is 2.53. The highest BCUT2D eigenvalue weighted by atomic mass is 16.3. The van der Waals surface area contributed by atoms with E-state index in [1.807, 2.05) is 60.3 Å². The molecule has 0 radical (unpaired) electrons. The largest absolute Gasteiger partial charge is 0.386 e. The molecule has 0 aliphatic carbocycles. The summed E-state index contributed by atoms with van der Waals surface area (Å²) in [6.45, 7) is 4.16. The summed E-state index contributed by atoms with van der Waals surface area (Å²) in [4.78, 5) is 30.0. The van der Waals surface area contributed by atoms with Crippen LogP contribution in [0.5, 0.6) is 0 Å². The number of rotatable bonds is 6. The molecule has 1 aliphatic heterocycles. The standard InChI is InChI=1S/C27H30N6O2/c1-20-29-12-14-32(20)17-21-5-3-6-22(15-21)26(34)31(2)18-27(35)9-4-13-33(19-27)25-8-11-30-24-7-10-28-16-23(24)25/h3,5-8,10-12,14-16,35H,4,9,13,17-19H2,1-2H3/t27-/m0/s1. The number of pyridine rings is 2. The van der Waals surface area contributed by atoms with Crippen LogP contribution in [-0.4, -0.2) is 67.7 Å². The lowest BCUT2D eigenvalue weighted by molar-refractivity contribution is 0.0000662. The van der Waals surface area contributed by atoms with E-state index >= 15 is 0 Å². The molecular formula is C27H30N6O2. The lowest BCUT2D eigenvalue weighted by Crippen LogP contribution is -2.54. The zero-order valence-electron chi connectivity index (χ0n) is 20.1.